The maximum Gasteiger partial charge on any atom is 0.493 e. The quantitative estimate of drug-likeness (QED) is 0.322. The molecule has 0 aliphatic heterocycles. The number of carbonyl (C=O) groups excluding carboxylic acids is 3. The molecule has 0 bridgehead atoms. The van der Waals surface area contributed by atoms with Crippen molar-refractivity contribution in [3.8, 4) is 0 Å². The molecule has 0 saturated carbocycles. The third kappa shape index (κ3) is 9.35. The van der Waals surface area contributed by atoms with Gasteiger partial charge in [-0.3, -0.25) is 4.79 Å². The maximum atomic E-state index is 13.1. The Bertz CT molecular complexity index is 966. The van der Waals surface area contributed by atoms with Crippen LogP contribution in [0.25, 0.3) is 0 Å². The fourth-order valence-corrected chi connectivity index (χ4v) is 3.63. The molecule has 0 radical (unpaired) electrons. The smallest absolute Gasteiger partial charge is 0.467 e. The summed E-state index contributed by atoms with van der Waals surface area (Å²) in [5, 5.41) is 5.35. The number of methoxy groups -OCH3 is 1. The van der Waals surface area contributed by atoms with Crippen LogP contribution in [0.4, 0.5) is 4.79 Å². The zero-order valence-corrected chi connectivity index (χ0v) is 21.5. The molecular formula is C26H35BN2O7. The SMILES string of the molecule is COB(OC)c1ccc(C[C@H](NC(=O)[C@H](CC(C)C)NC(=O)OCc2ccccc2)C(=O)OC)cc1. The zero-order valence-electron chi connectivity index (χ0n) is 21.5. The average Bonchev–Trinajstić information content (AvgIpc) is 2.88. The topological polar surface area (TPSA) is 112 Å². The van der Waals surface area contributed by atoms with E-state index in [1.54, 1.807) is 14.2 Å². The van der Waals surface area contributed by atoms with E-state index in [1.165, 1.54) is 7.11 Å². The molecule has 0 unspecified atom stereocenters. The molecular weight excluding hydrogens is 463 g/mol. The highest BCUT2D eigenvalue weighted by molar-refractivity contribution is 6.61. The van der Waals surface area contributed by atoms with Crippen molar-refractivity contribution >= 4 is 30.6 Å². The molecule has 0 aromatic heterocycles. The lowest BCUT2D eigenvalue weighted by Gasteiger charge is -2.23. The van der Waals surface area contributed by atoms with Crippen LogP contribution in [0.15, 0.2) is 54.6 Å². The normalized spacial score (nSPS) is 12.4. The van der Waals surface area contributed by atoms with Crippen LogP contribution in [0.3, 0.4) is 0 Å². The summed E-state index contributed by atoms with van der Waals surface area (Å²) in [7, 11) is 3.85. The van der Waals surface area contributed by atoms with E-state index in [9.17, 15) is 14.4 Å². The number of esters is 1. The molecule has 2 aromatic rings. The van der Waals surface area contributed by atoms with E-state index in [0.717, 1.165) is 16.6 Å². The Kier molecular flexibility index (Phi) is 12.0. The molecule has 10 heteroatoms. The second-order valence-corrected chi connectivity index (χ2v) is 8.72. The first-order valence-electron chi connectivity index (χ1n) is 11.8. The number of alkyl carbamates (subject to hydrolysis) is 1. The molecule has 2 amide bonds. The van der Waals surface area contributed by atoms with Crippen LogP contribution in [0, 0.1) is 5.92 Å². The zero-order chi connectivity index (χ0) is 26.5. The third-order valence-electron chi connectivity index (χ3n) is 5.45. The highest BCUT2D eigenvalue weighted by atomic mass is 16.6. The van der Waals surface area contributed by atoms with Gasteiger partial charge in [-0.15, -0.1) is 0 Å². The predicted octanol–water partition coefficient (Wildman–Crippen LogP) is 2.22. The van der Waals surface area contributed by atoms with Crippen molar-refractivity contribution in [3.63, 3.8) is 0 Å². The van der Waals surface area contributed by atoms with Crippen molar-refractivity contribution in [1.82, 2.24) is 10.6 Å². The van der Waals surface area contributed by atoms with E-state index in [1.807, 2.05) is 68.4 Å². The number of ether oxygens (including phenoxy) is 2. The molecule has 36 heavy (non-hydrogen) atoms. The standard InChI is InChI=1S/C26H35BN2O7/c1-18(2)15-22(29-26(32)36-17-20-9-7-6-8-10-20)24(30)28-23(25(31)33-3)16-19-11-13-21(14-12-19)27(34-4)35-5/h6-14,18,22-23H,15-17H2,1-5H3,(H,28,30)(H,29,32)/t22-,23-/m0/s1. The Balaban J connectivity index is 2.06. The monoisotopic (exact) mass is 498 g/mol. The Morgan fingerprint density at radius 3 is 2.03 bits per heavy atom. The minimum Gasteiger partial charge on any atom is -0.467 e. The number of rotatable bonds is 13. The van der Waals surface area contributed by atoms with Crippen LogP contribution in [0.5, 0.6) is 0 Å². The first kappa shape index (κ1) is 28.9. The summed E-state index contributed by atoms with van der Waals surface area (Å²) in [6, 6.07) is 14.7. The van der Waals surface area contributed by atoms with E-state index in [-0.39, 0.29) is 18.9 Å². The molecule has 2 rings (SSSR count). The Hall–Kier alpha value is -3.37. The van der Waals surface area contributed by atoms with Gasteiger partial charge < -0.3 is 29.4 Å². The first-order valence-corrected chi connectivity index (χ1v) is 11.8. The summed E-state index contributed by atoms with van der Waals surface area (Å²) in [4.78, 5) is 38.0. The molecule has 0 aliphatic carbocycles. The molecule has 2 N–H and O–H groups in total. The van der Waals surface area contributed by atoms with Gasteiger partial charge in [0.2, 0.25) is 5.91 Å². The van der Waals surface area contributed by atoms with Gasteiger partial charge in [-0.05, 0) is 28.9 Å². The van der Waals surface area contributed by atoms with E-state index in [4.69, 9.17) is 18.8 Å². The average molecular weight is 498 g/mol. The lowest BCUT2D eigenvalue weighted by Crippen LogP contribution is -2.53. The second kappa shape index (κ2) is 14.9. The first-order chi connectivity index (χ1) is 17.3. The Morgan fingerprint density at radius 1 is 0.833 bits per heavy atom. The molecule has 2 aromatic carbocycles. The minimum absolute atomic E-state index is 0.0798. The van der Waals surface area contributed by atoms with E-state index >= 15 is 0 Å². The molecule has 0 fully saturated rings. The van der Waals surface area contributed by atoms with Gasteiger partial charge in [0.15, 0.2) is 0 Å². The largest absolute Gasteiger partial charge is 0.493 e. The lowest BCUT2D eigenvalue weighted by atomic mass is 9.78. The highest BCUT2D eigenvalue weighted by Crippen LogP contribution is 2.09. The van der Waals surface area contributed by atoms with Crippen molar-refractivity contribution in [2.75, 3.05) is 21.3 Å². The highest BCUT2D eigenvalue weighted by Gasteiger charge is 2.29. The van der Waals surface area contributed by atoms with Crippen molar-refractivity contribution in [1.29, 1.82) is 0 Å². The maximum absolute atomic E-state index is 13.1. The van der Waals surface area contributed by atoms with E-state index in [2.05, 4.69) is 10.6 Å². The van der Waals surface area contributed by atoms with Gasteiger partial charge in [0.1, 0.15) is 18.7 Å². The number of hydrogen-bond donors (Lipinski definition) is 2. The summed E-state index contributed by atoms with van der Waals surface area (Å²) >= 11 is 0. The molecule has 2 atom stereocenters. The second-order valence-electron chi connectivity index (χ2n) is 8.72. The predicted molar refractivity (Wildman–Crippen MR) is 137 cm³/mol. The fourth-order valence-electron chi connectivity index (χ4n) is 3.63. The van der Waals surface area contributed by atoms with Crippen molar-refractivity contribution in [2.45, 2.75) is 45.4 Å². The molecule has 0 spiro atoms. The number of amides is 2. The fraction of sp³-hybridized carbons (Fsp3) is 0.423. The summed E-state index contributed by atoms with van der Waals surface area (Å²) in [5.41, 5.74) is 2.45. The Morgan fingerprint density at radius 2 is 1.47 bits per heavy atom. The number of hydrogen-bond acceptors (Lipinski definition) is 7. The summed E-state index contributed by atoms with van der Waals surface area (Å²) < 4.78 is 20.7. The summed E-state index contributed by atoms with van der Waals surface area (Å²) in [5.74, 6) is -0.978. The summed E-state index contributed by atoms with van der Waals surface area (Å²) in [6.07, 6.45) is -0.142. The van der Waals surface area contributed by atoms with Gasteiger partial charge in [0.05, 0.1) is 7.11 Å². The number of nitrogens with one attached hydrogen (secondary N) is 2. The molecule has 0 aliphatic rings. The number of carbonyl (C=O) groups is 3. The molecule has 9 nitrogen and oxygen atoms in total. The van der Waals surface area contributed by atoms with Crippen LogP contribution in [-0.2, 0) is 41.4 Å². The summed E-state index contributed by atoms with van der Waals surface area (Å²) in [6.45, 7) is 3.95. The van der Waals surface area contributed by atoms with E-state index in [0.29, 0.717) is 6.42 Å². The van der Waals surface area contributed by atoms with Gasteiger partial charge in [-0.25, -0.2) is 9.59 Å². The van der Waals surface area contributed by atoms with Crippen molar-refractivity contribution in [3.05, 3.63) is 65.7 Å². The van der Waals surface area contributed by atoms with Crippen LogP contribution in [-0.4, -0.2) is 58.5 Å². The van der Waals surface area contributed by atoms with Crippen LogP contribution >= 0.6 is 0 Å². The van der Waals surface area contributed by atoms with Gasteiger partial charge in [-0.1, -0.05) is 68.4 Å². The molecule has 0 saturated heterocycles. The van der Waals surface area contributed by atoms with Gasteiger partial charge in [0.25, 0.3) is 0 Å². The van der Waals surface area contributed by atoms with Crippen LogP contribution in [0.2, 0.25) is 0 Å². The van der Waals surface area contributed by atoms with Crippen LogP contribution < -0.4 is 16.1 Å². The third-order valence-corrected chi connectivity index (χ3v) is 5.45. The number of benzene rings is 2. The van der Waals surface area contributed by atoms with Crippen LogP contribution in [0.1, 0.15) is 31.4 Å². The van der Waals surface area contributed by atoms with Crippen molar-refractivity contribution < 1.29 is 33.2 Å². The van der Waals surface area contributed by atoms with E-state index < -0.39 is 37.2 Å². The minimum atomic E-state index is -0.939. The lowest BCUT2D eigenvalue weighted by molar-refractivity contribution is -0.145. The molecule has 0 heterocycles. The Labute approximate surface area is 213 Å². The van der Waals surface area contributed by atoms with Crippen molar-refractivity contribution in [2.24, 2.45) is 5.92 Å². The van der Waals surface area contributed by atoms with Gasteiger partial charge in [0, 0.05) is 20.6 Å². The van der Waals surface area contributed by atoms with Gasteiger partial charge in [-0.2, -0.15) is 0 Å². The molecule has 194 valence electrons. The van der Waals surface area contributed by atoms with Gasteiger partial charge >= 0.3 is 19.2 Å².